The number of unbranched alkanes of at least 4 members (excludes halogenated alkanes) is 1. The van der Waals surface area contributed by atoms with E-state index in [9.17, 15) is 0 Å². The van der Waals surface area contributed by atoms with Gasteiger partial charge in [0.25, 0.3) is 0 Å². The third kappa shape index (κ3) is 7.70. The van der Waals surface area contributed by atoms with Crippen molar-refractivity contribution < 1.29 is 0 Å². The van der Waals surface area contributed by atoms with Gasteiger partial charge >= 0.3 is 0 Å². The molecule has 0 aliphatic heterocycles. The molecule has 0 unspecified atom stereocenters. The summed E-state index contributed by atoms with van der Waals surface area (Å²) in [6, 6.07) is 0. The highest BCUT2D eigenvalue weighted by Gasteiger charge is 1.83. The summed E-state index contributed by atoms with van der Waals surface area (Å²) in [6.45, 7) is 3.37. The highest BCUT2D eigenvalue weighted by Crippen LogP contribution is 1.91. The van der Waals surface area contributed by atoms with E-state index in [1.54, 1.807) is 0 Å². The van der Waals surface area contributed by atoms with Crippen molar-refractivity contribution in [1.82, 2.24) is 4.90 Å². The second-order valence-electron chi connectivity index (χ2n) is 2.85. The van der Waals surface area contributed by atoms with Gasteiger partial charge in [0.15, 0.2) is 0 Å². The minimum absolute atomic E-state index is 1.17. The molecular formula is C9H19N. The summed E-state index contributed by atoms with van der Waals surface area (Å²) < 4.78 is 0. The molecule has 0 saturated heterocycles. The van der Waals surface area contributed by atoms with Crippen LogP contribution in [-0.2, 0) is 0 Å². The van der Waals surface area contributed by atoms with E-state index in [-0.39, 0.29) is 0 Å². The number of allylic oxidation sites excluding steroid dienone is 1. The molecule has 0 amide bonds. The van der Waals surface area contributed by atoms with Gasteiger partial charge in [-0.2, -0.15) is 0 Å². The lowest BCUT2D eigenvalue weighted by atomic mass is 10.3. The van der Waals surface area contributed by atoms with E-state index < -0.39 is 0 Å². The molecule has 60 valence electrons. The molecule has 0 radical (unpaired) electrons. The van der Waals surface area contributed by atoms with Crippen LogP contribution in [0.1, 0.15) is 26.2 Å². The fourth-order valence-corrected chi connectivity index (χ4v) is 0.735. The van der Waals surface area contributed by atoms with E-state index in [4.69, 9.17) is 0 Å². The second-order valence-corrected chi connectivity index (χ2v) is 2.85. The molecule has 0 aromatic rings. The van der Waals surface area contributed by atoms with Gasteiger partial charge in [-0.25, -0.2) is 0 Å². The predicted octanol–water partition coefficient (Wildman–Crippen LogP) is 2.29. The van der Waals surface area contributed by atoms with Crippen LogP contribution >= 0.6 is 0 Å². The lowest BCUT2D eigenvalue weighted by Gasteiger charge is -2.05. The summed E-state index contributed by atoms with van der Waals surface area (Å²) in [4.78, 5) is 2.20. The van der Waals surface area contributed by atoms with Crippen molar-refractivity contribution >= 4 is 0 Å². The number of hydrogen-bond donors (Lipinski definition) is 0. The van der Waals surface area contributed by atoms with Crippen molar-refractivity contribution in [3.63, 3.8) is 0 Å². The largest absolute Gasteiger partial charge is 0.309 e. The summed E-state index contributed by atoms with van der Waals surface area (Å²) in [5.74, 6) is 0. The standard InChI is InChI=1S/C9H19N/c1-4-5-6-7-8-9-10(2)3/h6-7H,4-5,8-9H2,1-3H3/b7-6+. The van der Waals surface area contributed by atoms with E-state index >= 15 is 0 Å². The summed E-state index contributed by atoms with van der Waals surface area (Å²) in [5, 5.41) is 0. The Balaban J connectivity index is 3.02. The highest BCUT2D eigenvalue weighted by atomic mass is 15.0. The average Bonchev–Trinajstić information content (AvgIpc) is 1.87. The molecule has 0 fully saturated rings. The van der Waals surface area contributed by atoms with E-state index in [0.29, 0.717) is 0 Å². The molecule has 1 heteroatoms. The van der Waals surface area contributed by atoms with Crippen LogP contribution in [0.15, 0.2) is 12.2 Å². The Bertz CT molecular complexity index is 84.7. The molecule has 0 rings (SSSR count). The molecule has 0 N–H and O–H groups in total. The average molecular weight is 141 g/mol. The summed E-state index contributed by atoms with van der Waals surface area (Å²) in [6.07, 6.45) is 8.21. The first kappa shape index (κ1) is 9.70. The fraction of sp³-hybridized carbons (Fsp3) is 0.778. The minimum atomic E-state index is 1.17. The van der Waals surface area contributed by atoms with E-state index in [1.165, 1.54) is 25.8 Å². The zero-order valence-corrected chi connectivity index (χ0v) is 7.43. The van der Waals surface area contributed by atoms with Crippen molar-refractivity contribution in [2.24, 2.45) is 0 Å². The van der Waals surface area contributed by atoms with E-state index in [2.05, 4.69) is 38.1 Å². The molecule has 10 heavy (non-hydrogen) atoms. The molecule has 0 aliphatic rings. The molecule has 0 bridgehead atoms. The van der Waals surface area contributed by atoms with E-state index in [1.807, 2.05) is 0 Å². The molecular weight excluding hydrogens is 122 g/mol. The van der Waals surface area contributed by atoms with Gasteiger partial charge in [-0.05, 0) is 26.9 Å². The maximum absolute atomic E-state index is 2.27. The first-order valence-electron chi connectivity index (χ1n) is 4.07. The van der Waals surface area contributed by atoms with Crippen molar-refractivity contribution in [3.05, 3.63) is 12.2 Å². The first-order valence-corrected chi connectivity index (χ1v) is 4.07. The van der Waals surface area contributed by atoms with Crippen molar-refractivity contribution in [3.8, 4) is 0 Å². The van der Waals surface area contributed by atoms with Gasteiger partial charge in [0.2, 0.25) is 0 Å². The smallest absolute Gasteiger partial charge is 0.000980 e. The highest BCUT2D eigenvalue weighted by molar-refractivity contribution is 4.81. The molecule has 1 nitrogen and oxygen atoms in total. The van der Waals surface area contributed by atoms with Crippen LogP contribution < -0.4 is 0 Å². The van der Waals surface area contributed by atoms with Gasteiger partial charge in [-0.3, -0.25) is 0 Å². The SMILES string of the molecule is CCC/C=C/CCN(C)C. The van der Waals surface area contributed by atoms with Gasteiger partial charge < -0.3 is 4.90 Å². The van der Waals surface area contributed by atoms with Crippen LogP contribution in [0, 0.1) is 0 Å². The molecule has 0 aromatic carbocycles. The summed E-state index contributed by atoms with van der Waals surface area (Å²) in [5.41, 5.74) is 0. The Labute approximate surface area is 64.7 Å². The molecule has 0 saturated carbocycles. The molecule has 0 spiro atoms. The summed E-state index contributed by atoms with van der Waals surface area (Å²) >= 11 is 0. The lowest BCUT2D eigenvalue weighted by Crippen LogP contribution is -2.11. The maximum Gasteiger partial charge on any atom is 0.000980 e. The normalized spacial score (nSPS) is 11.6. The van der Waals surface area contributed by atoms with Crippen LogP contribution in [0.3, 0.4) is 0 Å². The van der Waals surface area contributed by atoms with Crippen LogP contribution in [0.25, 0.3) is 0 Å². The van der Waals surface area contributed by atoms with Crippen LogP contribution in [0.4, 0.5) is 0 Å². The third-order valence-electron chi connectivity index (χ3n) is 1.36. The molecule has 0 aliphatic carbocycles. The predicted molar refractivity (Wildman–Crippen MR) is 47.2 cm³/mol. The number of nitrogens with zero attached hydrogens (tertiary/aromatic N) is 1. The zero-order chi connectivity index (χ0) is 7.82. The van der Waals surface area contributed by atoms with Crippen LogP contribution in [0.5, 0.6) is 0 Å². The number of rotatable bonds is 5. The Morgan fingerprint density at radius 1 is 1.10 bits per heavy atom. The lowest BCUT2D eigenvalue weighted by molar-refractivity contribution is 0.417. The topological polar surface area (TPSA) is 3.24 Å². The molecule has 0 aromatic heterocycles. The number of hydrogen-bond acceptors (Lipinski definition) is 1. The fourth-order valence-electron chi connectivity index (χ4n) is 0.735. The third-order valence-corrected chi connectivity index (χ3v) is 1.36. The monoisotopic (exact) mass is 141 g/mol. The van der Waals surface area contributed by atoms with E-state index in [0.717, 1.165) is 0 Å². The van der Waals surface area contributed by atoms with Crippen molar-refractivity contribution in [2.75, 3.05) is 20.6 Å². The first-order chi connectivity index (χ1) is 4.77. The minimum Gasteiger partial charge on any atom is -0.309 e. The van der Waals surface area contributed by atoms with Gasteiger partial charge in [-0.15, -0.1) is 0 Å². The van der Waals surface area contributed by atoms with Gasteiger partial charge in [0, 0.05) is 6.54 Å². The maximum atomic E-state index is 2.27. The molecule has 0 heterocycles. The van der Waals surface area contributed by atoms with Gasteiger partial charge in [0.1, 0.15) is 0 Å². The molecule has 0 atom stereocenters. The Kier molecular flexibility index (Phi) is 6.61. The zero-order valence-electron chi connectivity index (χ0n) is 7.43. The van der Waals surface area contributed by atoms with Crippen molar-refractivity contribution in [1.29, 1.82) is 0 Å². The second kappa shape index (κ2) is 6.81. The Hall–Kier alpha value is -0.300. The quantitative estimate of drug-likeness (QED) is 0.531. The Morgan fingerprint density at radius 2 is 1.70 bits per heavy atom. The van der Waals surface area contributed by atoms with Crippen molar-refractivity contribution in [2.45, 2.75) is 26.2 Å². The summed E-state index contributed by atoms with van der Waals surface area (Å²) in [7, 11) is 4.21. The van der Waals surface area contributed by atoms with Gasteiger partial charge in [0.05, 0.1) is 0 Å². The van der Waals surface area contributed by atoms with Crippen LogP contribution in [0.2, 0.25) is 0 Å². The van der Waals surface area contributed by atoms with Crippen LogP contribution in [-0.4, -0.2) is 25.5 Å². The van der Waals surface area contributed by atoms with Gasteiger partial charge in [-0.1, -0.05) is 25.5 Å². The Morgan fingerprint density at radius 3 is 2.20 bits per heavy atom.